The van der Waals surface area contributed by atoms with Crippen LogP contribution in [0.25, 0.3) is 10.4 Å². The molecule has 0 aliphatic carbocycles. The maximum atomic E-state index is 8.21. The first-order chi connectivity index (χ1) is 5.38. The van der Waals surface area contributed by atoms with Gasteiger partial charge in [-0.15, -0.1) is 0 Å². The van der Waals surface area contributed by atoms with Crippen molar-refractivity contribution in [1.82, 2.24) is 5.32 Å². The summed E-state index contributed by atoms with van der Waals surface area (Å²) in [5.74, 6) is 0. The molecule has 1 fully saturated rings. The highest BCUT2D eigenvalue weighted by atomic mass is 16.5. The van der Waals surface area contributed by atoms with E-state index in [9.17, 15) is 0 Å². The smallest absolute Gasteiger partial charge is 0.0761 e. The fourth-order valence-corrected chi connectivity index (χ4v) is 1.27. The number of methoxy groups -OCH3 is 1. The van der Waals surface area contributed by atoms with Crippen LogP contribution in [0.5, 0.6) is 0 Å². The van der Waals surface area contributed by atoms with Crippen LogP contribution in [0.15, 0.2) is 5.11 Å². The Morgan fingerprint density at radius 2 is 2.55 bits per heavy atom. The van der Waals surface area contributed by atoms with Gasteiger partial charge in [-0.2, -0.15) is 0 Å². The van der Waals surface area contributed by atoms with E-state index in [0.717, 1.165) is 19.5 Å². The van der Waals surface area contributed by atoms with E-state index in [-0.39, 0.29) is 12.1 Å². The van der Waals surface area contributed by atoms with Gasteiger partial charge in [0.05, 0.1) is 12.1 Å². The Balaban J connectivity index is 2.50. The molecule has 0 saturated carbocycles. The van der Waals surface area contributed by atoms with Crippen LogP contribution in [0.1, 0.15) is 6.42 Å². The predicted molar refractivity (Wildman–Crippen MR) is 41.2 cm³/mol. The van der Waals surface area contributed by atoms with Gasteiger partial charge in [0.2, 0.25) is 0 Å². The number of hydrogen-bond donors (Lipinski definition) is 1. The van der Waals surface area contributed by atoms with Crippen molar-refractivity contribution >= 4 is 0 Å². The normalized spacial score (nSPS) is 31.0. The Labute approximate surface area is 65.4 Å². The zero-order chi connectivity index (χ0) is 8.10. The number of ether oxygens (including phenoxy) is 1. The molecule has 0 unspecified atom stereocenters. The van der Waals surface area contributed by atoms with E-state index in [4.69, 9.17) is 10.3 Å². The van der Waals surface area contributed by atoms with Crippen LogP contribution >= 0.6 is 0 Å². The second-order valence-electron chi connectivity index (χ2n) is 2.54. The van der Waals surface area contributed by atoms with Crippen molar-refractivity contribution in [2.75, 3.05) is 20.2 Å². The molecule has 0 aromatic rings. The van der Waals surface area contributed by atoms with E-state index in [2.05, 4.69) is 15.3 Å². The largest absolute Gasteiger partial charge is 0.381 e. The van der Waals surface area contributed by atoms with Crippen molar-refractivity contribution in [2.24, 2.45) is 5.11 Å². The van der Waals surface area contributed by atoms with Gasteiger partial charge < -0.3 is 10.1 Å². The van der Waals surface area contributed by atoms with Crippen molar-refractivity contribution in [3.8, 4) is 0 Å². The monoisotopic (exact) mass is 156 g/mol. The Kier molecular flexibility index (Phi) is 3.16. The molecular weight excluding hydrogens is 144 g/mol. The first kappa shape index (κ1) is 8.33. The molecule has 1 N–H and O–H groups in total. The van der Waals surface area contributed by atoms with Gasteiger partial charge in [-0.05, 0) is 18.5 Å². The maximum Gasteiger partial charge on any atom is 0.0761 e. The molecule has 0 radical (unpaired) electrons. The lowest BCUT2D eigenvalue weighted by Crippen LogP contribution is -2.43. The van der Waals surface area contributed by atoms with Crippen LogP contribution in [0.2, 0.25) is 0 Å². The number of azide groups is 1. The topological polar surface area (TPSA) is 70.0 Å². The van der Waals surface area contributed by atoms with Crippen LogP contribution in [0.4, 0.5) is 0 Å². The van der Waals surface area contributed by atoms with Crippen molar-refractivity contribution in [3.63, 3.8) is 0 Å². The molecule has 5 heteroatoms. The van der Waals surface area contributed by atoms with E-state index in [1.54, 1.807) is 7.11 Å². The highest BCUT2D eigenvalue weighted by Crippen LogP contribution is 2.10. The highest BCUT2D eigenvalue weighted by Gasteiger charge is 2.22. The van der Waals surface area contributed by atoms with Gasteiger partial charge in [0.15, 0.2) is 0 Å². The van der Waals surface area contributed by atoms with Gasteiger partial charge in [-0.1, -0.05) is 5.11 Å². The predicted octanol–water partition coefficient (Wildman–Crippen LogP) is 0.674. The summed E-state index contributed by atoms with van der Waals surface area (Å²) in [6.45, 7) is 1.67. The second-order valence-corrected chi connectivity index (χ2v) is 2.54. The van der Waals surface area contributed by atoms with Crippen LogP contribution in [0.3, 0.4) is 0 Å². The molecule has 1 aliphatic rings. The quantitative estimate of drug-likeness (QED) is 0.362. The molecule has 0 amide bonds. The Morgan fingerprint density at radius 3 is 3.18 bits per heavy atom. The number of piperidine rings is 1. The molecule has 1 saturated heterocycles. The fourth-order valence-electron chi connectivity index (χ4n) is 1.27. The number of nitrogens with zero attached hydrogens (tertiary/aromatic N) is 3. The van der Waals surface area contributed by atoms with E-state index in [1.807, 2.05) is 0 Å². The minimum absolute atomic E-state index is 0.0428. The lowest BCUT2D eigenvalue weighted by molar-refractivity contribution is 0.0608. The SMILES string of the molecule is CO[C@H]1CCNC[C@@H]1N=[N+]=[N-]. The molecule has 0 bridgehead atoms. The zero-order valence-corrected chi connectivity index (χ0v) is 6.53. The summed E-state index contributed by atoms with van der Waals surface area (Å²) < 4.78 is 5.15. The van der Waals surface area contributed by atoms with Crippen molar-refractivity contribution in [1.29, 1.82) is 0 Å². The third kappa shape index (κ3) is 2.08. The van der Waals surface area contributed by atoms with Crippen LogP contribution in [-0.2, 0) is 4.74 Å². The highest BCUT2D eigenvalue weighted by molar-refractivity contribution is 4.84. The standard InChI is InChI=1S/C6H12N4O/c1-11-6-2-3-8-4-5(6)9-10-7/h5-6,8H,2-4H2,1H3/t5-,6-/m0/s1. The van der Waals surface area contributed by atoms with Gasteiger partial charge in [-0.25, -0.2) is 0 Å². The minimum atomic E-state index is -0.0428. The lowest BCUT2D eigenvalue weighted by Gasteiger charge is -2.27. The summed E-state index contributed by atoms with van der Waals surface area (Å²) in [6.07, 6.45) is 1.01. The summed E-state index contributed by atoms with van der Waals surface area (Å²) in [4.78, 5) is 2.76. The number of rotatable bonds is 2. The minimum Gasteiger partial charge on any atom is -0.381 e. The fraction of sp³-hybridized carbons (Fsp3) is 1.00. The number of nitrogens with one attached hydrogen (secondary N) is 1. The summed E-state index contributed by atoms with van der Waals surface area (Å²) in [6, 6.07) is -0.0428. The average Bonchev–Trinajstić information content (AvgIpc) is 2.06. The molecule has 1 rings (SSSR count). The van der Waals surface area contributed by atoms with E-state index in [0.29, 0.717) is 0 Å². The Bertz CT molecular complexity index is 166. The molecule has 1 heterocycles. The summed E-state index contributed by atoms with van der Waals surface area (Å²) >= 11 is 0. The van der Waals surface area contributed by atoms with Crippen LogP contribution < -0.4 is 5.32 Å². The third-order valence-corrected chi connectivity index (χ3v) is 1.89. The van der Waals surface area contributed by atoms with E-state index >= 15 is 0 Å². The molecule has 0 aromatic carbocycles. The molecule has 11 heavy (non-hydrogen) atoms. The summed E-state index contributed by atoms with van der Waals surface area (Å²) in [5, 5.41) is 6.77. The van der Waals surface area contributed by atoms with Gasteiger partial charge in [0, 0.05) is 18.6 Å². The molecule has 62 valence electrons. The van der Waals surface area contributed by atoms with Crippen molar-refractivity contribution in [2.45, 2.75) is 18.6 Å². The van der Waals surface area contributed by atoms with Gasteiger partial charge in [0.25, 0.3) is 0 Å². The lowest BCUT2D eigenvalue weighted by atomic mass is 10.1. The maximum absolute atomic E-state index is 8.21. The Morgan fingerprint density at radius 1 is 1.73 bits per heavy atom. The summed E-state index contributed by atoms with van der Waals surface area (Å²) in [5.41, 5.74) is 8.21. The third-order valence-electron chi connectivity index (χ3n) is 1.89. The summed E-state index contributed by atoms with van der Waals surface area (Å²) in [7, 11) is 1.65. The molecular formula is C6H12N4O. The van der Waals surface area contributed by atoms with Crippen molar-refractivity contribution in [3.05, 3.63) is 10.4 Å². The van der Waals surface area contributed by atoms with Crippen LogP contribution in [-0.4, -0.2) is 32.3 Å². The molecule has 0 aromatic heterocycles. The second kappa shape index (κ2) is 4.18. The van der Waals surface area contributed by atoms with Crippen molar-refractivity contribution < 1.29 is 4.74 Å². The molecule has 1 aliphatic heterocycles. The number of hydrogen-bond acceptors (Lipinski definition) is 3. The van der Waals surface area contributed by atoms with Crippen LogP contribution in [0, 0.1) is 0 Å². The van der Waals surface area contributed by atoms with Gasteiger partial charge in [0.1, 0.15) is 0 Å². The average molecular weight is 156 g/mol. The Hall–Kier alpha value is -0.770. The molecule has 2 atom stereocenters. The zero-order valence-electron chi connectivity index (χ0n) is 6.53. The molecule has 5 nitrogen and oxygen atoms in total. The molecule has 0 spiro atoms. The van der Waals surface area contributed by atoms with Gasteiger partial charge in [-0.3, -0.25) is 0 Å². The van der Waals surface area contributed by atoms with Gasteiger partial charge >= 0.3 is 0 Å². The van der Waals surface area contributed by atoms with E-state index < -0.39 is 0 Å². The first-order valence-electron chi connectivity index (χ1n) is 3.66. The van der Waals surface area contributed by atoms with E-state index in [1.165, 1.54) is 0 Å². The first-order valence-corrected chi connectivity index (χ1v) is 3.66.